The van der Waals surface area contributed by atoms with E-state index < -0.39 is 12.0 Å². The van der Waals surface area contributed by atoms with Crippen LogP contribution < -0.4 is 5.32 Å². The number of amides is 2. The molecule has 2 amide bonds. The maximum Gasteiger partial charge on any atom is 0.338 e. The second-order valence-electron chi connectivity index (χ2n) is 6.87. The van der Waals surface area contributed by atoms with Crippen LogP contribution in [0.15, 0.2) is 53.4 Å². The van der Waals surface area contributed by atoms with Crippen molar-refractivity contribution in [1.82, 2.24) is 4.90 Å². The first-order chi connectivity index (χ1) is 14.8. The van der Waals surface area contributed by atoms with Gasteiger partial charge in [-0.1, -0.05) is 48.2 Å². The van der Waals surface area contributed by atoms with Crippen LogP contribution in [0.2, 0.25) is 0 Å². The van der Waals surface area contributed by atoms with Crippen LogP contribution in [0, 0.1) is 6.92 Å². The molecule has 0 aromatic heterocycles. The van der Waals surface area contributed by atoms with Gasteiger partial charge in [0.15, 0.2) is 0 Å². The zero-order chi connectivity index (χ0) is 22.5. The normalized spacial score (nSPS) is 15.8. The quantitative estimate of drug-likeness (QED) is 0.396. The molecule has 2 aromatic rings. The number of esters is 1. The van der Waals surface area contributed by atoms with Crippen molar-refractivity contribution >= 4 is 57.8 Å². The predicted molar refractivity (Wildman–Crippen MR) is 127 cm³/mol. The summed E-state index contributed by atoms with van der Waals surface area (Å²) in [4.78, 5) is 39.2. The van der Waals surface area contributed by atoms with E-state index in [0.29, 0.717) is 20.5 Å². The Kier molecular flexibility index (Phi) is 7.25. The number of hydrogen-bond acceptors (Lipinski definition) is 6. The van der Waals surface area contributed by atoms with Crippen LogP contribution in [0.25, 0.3) is 6.08 Å². The van der Waals surface area contributed by atoms with Gasteiger partial charge in [-0.05, 0) is 62.2 Å². The molecule has 1 atom stereocenters. The first-order valence-corrected chi connectivity index (χ1v) is 10.9. The van der Waals surface area contributed by atoms with E-state index in [1.807, 2.05) is 31.2 Å². The Hall–Kier alpha value is -2.97. The minimum Gasteiger partial charge on any atom is -0.462 e. The van der Waals surface area contributed by atoms with E-state index in [-0.39, 0.29) is 18.4 Å². The third-order valence-corrected chi connectivity index (χ3v) is 6.06. The van der Waals surface area contributed by atoms with E-state index >= 15 is 0 Å². The molecule has 1 aliphatic rings. The Morgan fingerprint density at radius 1 is 1.19 bits per heavy atom. The van der Waals surface area contributed by atoms with Crippen molar-refractivity contribution in [1.29, 1.82) is 0 Å². The molecule has 1 fully saturated rings. The molecule has 1 aliphatic heterocycles. The highest BCUT2D eigenvalue weighted by Gasteiger charge is 2.38. The molecule has 0 bridgehead atoms. The van der Waals surface area contributed by atoms with Crippen LogP contribution in [-0.4, -0.2) is 39.7 Å². The summed E-state index contributed by atoms with van der Waals surface area (Å²) in [6.45, 7) is 5.62. The van der Waals surface area contributed by atoms with Crippen molar-refractivity contribution in [2.75, 3.05) is 11.9 Å². The molecule has 0 radical (unpaired) electrons. The zero-order valence-electron chi connectivity index (χ0n) is 17.4. The van der Waals surface area contributed by atoms with Crippen molar-refractivity contribution in [3.05, 3.63) is 70.1 Å². The number of nitrogens with zero attached hydrogens (tertiary/aromatic N) is 1. The number of rotatable bonds is 6. The summed E-state index contributed by atoms with van der Waals surface area (Å²) < 4.78 is 5.28. The van der Waals surface area contributed by atoms with Crippen molar-refractivity contribution < 1.29 is 19.1 Å². The number of anilines is 1. The molecule has 1 heterocycles. The summed E-state index contributed by atoms with van der Waals surface area (Å²) in [5, 5.41) is 2.76. The Morgan fingerprint density at radius 2 is 1.87 bits per heavy atom. The minimum absolute atomic E-state index is 0.289. The Morgan fingerprint density at radius 3 is 2.52 bits per heavy atom. The minimum atomic E-state index is -0.792. The molecule has 1 N–H and O–H groups in total. The fraction of sp³-hybridized carbons (Fsp3) is 0.217. The number of thiocarbonyl (C=S) groups is 1. The lowest BCUT2D eigenvalue weighted by molar-refractivity contribution is -0.129. The van der Waals surface area contributed by atoms with Gasteiger partial charge < -0.3 is 10.1 Å². The average Bonchev–Trinajstić information content (AvgIpc) is 3.02. The average molecular weight is 455 g/mol. The fourth-order valence-corrected chi connectivity index (χ4v) is 4.38. The maximum absolute atomic E-state index is 12.9. The molecule has 1 saturated heterocycles. The van der Waals surface area contributed by atoms with Crippen molar-refractivity contribution in [3.8, 4) is 0 Å². The van der Waals surface area contributed by atoms with Crippen molar-refractivity contribution in [2.45, 2.75) is 26.8 Å². The van der Waals surface area contributed by atoms with Crippen LogP contribution in [0.3, 0.4) is 0 Å². The summed E-state index contributed by atoms with van der Waals surface area (Å²) in [6, 6.07) is 13.3. The van der Waals surface area contributed by atoms with Gasteiger partial charge in [0.25, 0.3) is 5.91 Å². The number of hydrogen-bond donors (Lipinski definition) is 1. The molecular weight excluding hydrogens is 432 g/mol. The molecule has 1 unspecified atom stereocenters. The predicted octanol–water partition coefficient (Wildman–Crippen LogP) is 4.40. The van der Waals surface area contributed by atoms with Gasteiger partial charge in [0.1, 0.15) is 10.4 Å². The van der Waals surface area contributed by atoms with Crippen LogP contribution in [0.1, 0.15) is 35.3 Å². The van der Waals surface area contributed by atoms with Gasteiger partial charge >= 0.3 is 5.97 Å². The van der Waals surface area contributed by atoms with E-state index in [0.717, 1.165) is 11.1 Å². The number of aryl methyl sites for hydroxylation is 1. The Bertz CT molecular complexity index is 1060. The van der Waals surface area contributed by atoms with E-state index in [1.54, 1.807) is 44.2 Å². The SMILES string of the molecule is CCOC(=O)c1ccc(NC(=O)C(C)N2C(=O)/C(=C/c3ccccc3C)SC2=S)cc1. The van der Waals surface area contributed by atoms with Crippen LogP contribution in [0.5, 0.6) is 0 Å². The Balaban J connectivity index is 1.70. The standard InChI is InChI=1S/C23H22N2O4S2/c1-4-29-22(28)16-9-11-18(12-10-16)24-20(26)15(3)25-21(27)19(31-23(25)30)13-17-8-6-5-7-14(17)2/h5-13,15H,4H2,1-3H3,(H,24,26)/b19-13-. The summed E-state index contributed by atoms with van der Waals surface area (Å²) in [5.41, 5.74) is 2.88. The topological polar surface area (TPSA) is 75.7 Å². The number of nitrogens with one attached hydrogen (secondary N) is 1. The summed E-state index contributed by atoms with van der Waals surface area (Å²) in [7, 11) is 0. The zero-order valence-corrected chi connectivity index (χ0v) is 19.0. The highest BCUT2D eigenvalue weighted by atomic mass is 32.2. The van der Waals surface area contributed by atoms with Gasteiger partial charge in [0.05, 0.1) is 17.1 Å². The lowest BCUT2D eigenvalue weighted by atomic mass is 10.1. The van der Waals surface area contributed by atoms with Crippen LogP contribution in [-0.2, 0) is 14.3 Å². The highest BCUT2D eigenvalue weighted by molar-refractivity contribution is 8.26. The van der Waals surface area contributed by atoms with Crippen molar-refractivity contribution in [2.24, 2.45) is 0 Å². The van der Waals surface area contributed by atoms with Gasteiger partial charge in [-0.3, -0.25) is 14.5 Å². The van der Waals surface area contributed by atoms with E-state index in [9.17, 15) is 14.4 Å². The summed E-state index contributed by atoms with van der Waals surface area (Å²) in [6.07, 6.45) is 1.80. The third-order valence-electron chi connectivity index (χ3n) is 4.73. The van der Waals surface area contributed by atoms with E-state index in [2.05, 4.69) is 5.32 Å². The fourth-order valence-electron chi connectivity index (χ4n) is 2.97. The van der Waals surface area contributed by atoms with Crippen LogP contribution >= 0.6 is 24.0 Å². The molecule has 2 aromatic carbocycles. The molecule has 160 valence electrons. The monoisotopic (exact) mass is 454 g/mol. The highest BCUT2D eigenvalue weighted by Crippen LogP contribution is 2.34. The lowest BCUT2D eigenvalue weighted by Crippen LogP contribution is -2.44. The summed E-state index contributed by atoms with van der Waals surface area (Å²) in [5.74, 6) is -1.09. The van der Waals surface area contributed by atoms with E-state index in [1.165, 1.54) is 16.7 Å². The molecule has 6 nitrogen and oxygen atoms in total. The van der Waals surface area contributed by atoms with Gasteiger partial charge in [-0.2, -0.15) is 0 Å². The lowest BCUT2D eigenvalue weighted by Gasteiger charge is -2.22. The largest absolute Gasteiger partial charge is 0.462 e. The second-order valence-corrected chi connectivity index (χ2v) is 8.55. The molecule has 31 heavy (non-hydrogen) atoms. The van der Waals surface area contributed by atoms with E-state index in [4.69, 9.17) is 17.0 Å². The molecule has 0 spiro atoms. The van der Waals surface area contributed by atoms with Gasteiger partial charge in [0, 0.05) is 5.69 Å². The first-order valence-electron chi connectivity index (χ1n) is 9.72. The van der Waals surface area contributed by atoms with Gasteiger partial charge in [0.2, 0.25) is 5.91 Å². The smallest absolute Gasteiger partial charge is 0.338 e. The van der Waals surface area contributed by atoms with Gasteiger partial charge in [-0.25, -0.2) is 4.79 Å². The van der Waals surface area contributed by atoms with Crippen LogP contribution in [0.4, 0.5) is 5.69 Å². The van der Waals surface area contributed by atoms with Crippen molar-refractivity contribution in [3.63, 3.8) is 0 Å². The Labute approximate surface area is 190 Å². The molecular formula is C23H22N2O4S2. The molecule has 0 aliphatic carbocycles. The number of carbonyl (C=O) groups is 3. The second kappa shape index (κ2) is 9.89. The summed E-state index contributed by atoms with van der Waals surface area (Å²) >= 11 is 6.55. The number of ether oxygens (including phenoxy) is 1. The first kappa shape index (κ1) is 22.7. The molecule has 3 rings (SSSR count). The number of thioether (sulfide) groups is 1. The number of benzene rings is 2. The maximum atomic E-state index is 12.9. The molecule has 8 heteroatoms. The molecule has 0 saturated carbocycles. The van der Waals surface area contributed by atoms with Gasteiger partial charge in [-0.15, -0.1) is 0 Å². The number of carbonyl (C=O) groups excluding carboxylic acids is 3. The third kappa shape index (κ3) is 5.21.